The van der Waals surface area contributed by atoms with Crippen LogP contribution in [0.2, 0.25) is 0 Å². The van der Waals surface area contributed by atoms with Crippen LogP contribution in [0.3, 0.4) is 0 Å². The topological polar surface area (TPSA) is 21.7 Å². The van der Waals surface area contributed by atoms with Crippen LogP contribution in [0.4, 0.5) is 0 Å². The minimum absolute atomic E-state index is 0.0757. The molecule has 3 rings (SSSR count). The molecule has 0 saturated carbocycles. The first-order valence-electron chi connectivity index (χ1n) is 8.34. The molecule has 1 aromatic carbocycles. The van der Waals surface area contributed by atoms with Crippen molar-refractivity contribution in [2.45, 2.75) is 44.9 Å². The van der Waals surface area contributed by atoms with E-state index in [1.54, 1.807) is 0 Å². The molecule has 116 valence electrons. The summed E-state index contributed by atoms with van der Waals surface area (Å²) in [6.45, 7) is 6.29. The summed E-state index contributed by atoms with van der Waals surface area (Å²) in [6, 6.07) is 11.5. The molecule has 2 saturated heterocycles. The standard InChI is InChI=1S/C18H27NO2/c1-15(7-8-16-5-3-2-4-6-16)19-11-9-17(10-12-19)18-20-13-14-21-18/h2-6,15,17-18H,7-14H2,1H3. The molecule has 2 aliphatic rings. The fourth-order valence-electron chi connectivity index (χ4n) is 3.48. The van der Waals surface area contributed by atoms with E-state index < -0.39 is 0 Å². The smallest absolute Gasteiger partial charge is 0.160 e. The zero-order valence-corrected chi connectivity index (χ0v) is 13.0. The molecule has 1 unspecified atom stereocenters. The lowest BCUT2D eigenvalue weighted by atomic mass is 9.94. The van der Waals surface area contributed by atoms with Gasteiger partial charge in [-0.15, -0.1) is 0 Å². The molecule has 1 aromatic rings. The monoisotopic (exact) mass is 289 g/mol. The van der Waals surface area contributed by atoms with Gasteiger partial charge in [-0.05, 0) is 51.3 Å². The van der Waals surface area contributed by atoms with Crippen molar-refractivity contribution in [2.24, 2.45) is 5.92 Å². The van der Waals surface area contributed by atoms with E-state index in [1.807, 2.05) is 0 Å². The third kappa shape index (κ3) is 4.06. The lowest BCUT2D eigenvalue weighted by Gasteiger charge is -2.37. The van der Waals surface area contributed by atoms with E-state index in [0.717, 1.165) is 13.2 Å². The average Bonchev–Trinajstić information content (AvgIpc) is 3.08. The molecule has 2 aliphatic heterocycles. The molecular formula is C18H27NO2. The van der Waals surface area contributed by atoms with Gasteiger partial charge in [0.2, 0.25) is 0 Å². The van der Waals surface area contributed by atoms with E-state index in [2.05, 4.69) is 42.2 Å². The molecule has 0 radical (unpaired) electrons. The van der Waals surface area contributed by atoms with Gasteiger partial charge in [0.15, 0.2) is 6.29 Å². The molecule has 21 heavy (non-hydrogen) atoms. The van der Waals surface area contributed by atoms with E-state index in [-0.39, 0.29) is 6.29 Å². The zero-order valence-electron chi connectivity index (χ0n) is 13.0. The van der Waals surface area contributed by atoms with Crippen LogP contribution in [0, 0.1) is 5.92 Å². The number of aryl methyl sites for hydroxylation is 1. The first-order chi connectivity index (χ1) is 10.3. The number of ether oxygens (including phenoxy) is 2. The molecule has 2 fully saturated rings. The number of rotatable bonds is 5. The minimum atomic E-state index is 0.0757. The molecule has 0 N–H and O–H groups in total. The first-order valence-corrected chi connectivity index (χ1v) is 8.34. The number of hydrogen-bond acceptors (Lipinski definition) is 3. The zero-order chi connectivity index (χ0) is 14.5. The first kappa shape index (κ1) is 15.0. The Morgan fingerprint density at radius 3 is 2.43 bits per heavy atom. The van der Waals surface area contributed by atoms with Crippen LogP contribution < -0.4 is 0 Å². The van der Waals surface area contributed by atoms with Crippen molar-refractivity contribution < 1.29 is 9.47 Å². The average molecular weight is 289 g/mol. The second-order valence-corrected chi connectivity index (χ2v) is 6.36. The van der Waals surface area contributed by atoms with Gasteiger partial charge in [0, 0.05) is 12.0 Å². The lowest BCUT2D eigenvalue weighted by Crippen LogP contribution is -2.42. The van der Waals surface area contributed by atoms with Gasteiger partial charge in [0.05, 0.1) is 13.2 Å². The summed E-state index contributed by atoms with van der Waals surface area (Å²) >= 11 is 0. The molecule has 3 nitrogen and oxygen atoms in total. The number of nitrogens with zero attached hydrogens (tertiary/aromatic N) is 1. The maximum atomic E-state index is 5.65. The minimum Gasteiger partial charge on any atom is -0.350 e. The predicted octanol–water partition coefficient (Wildman–Crippen LogP) is 3.09. The second kappa shape index (κ2) is 7.39. The van der Waals surface area contributed by atoms with Gasteiger partial charge in [-0.25, -0.2) is 0 Å². The van der Waals surface area contributed by atoms with Gasteiger partial charge >= 0.3 is 0 Å². The summed E-state index contributed by atoms with van der Waals surface area (Å²) < 4.78 is 11.3. The fourth-order valence-corrected chi connectivity index (χ4v) is 3.48. The molecule has 0 aliphatic carbocycles. The van der Waals surface area contributed by atoms with Crippen molar-refractivity contribution >= 4 is 0 Å². The van der Waals surface area contributed by atoms with Crippen molar-refractivity contribution in [3.05, 3.63) is 35.9 Å². The van der Waals surface area contributed by atoms with E-state index in [0.29, 0.717) is 12.0 Å². The van der Waals surface area contributed by atoms with Gasteiger partial charge in [-0.1, -0.05) is 30.3 Å². The highest BCUT2D eigenvalue weighted by Gasteiger charge is 2.31. The van der Waals surface area contributed by atoms with Crippen LogP contribution in [0.25, 0.3) is 0 Å². The highest BCUT2D eigenvalue weighted by atomic mass is 16.7. The molecular weight excluding hydrogens is 262 g/mol. The molecule has 2 heterocycles. The summed E-state index contributed by atoms with van der Waals surface area (Å²) in [6.07, 6.45) is 4.91. The molecule has 3 heteroatoms. The Labute approximate surface area is 128 Å². The summed E-state index contributed by atoms with van der Waals surface area (Å²) in [4.78, 5) is 2.63. The maximum Gasteiger partial charge on any atom is 0.160 e. The number of benzene rings is 1. The normalized spacial score (nSPS) is 23.5. The SMILES string of the molecule is CC(CCc1ccccc1)N1CCC(C2OCCO2)CC1. The summed E-state index contributed by atoms with van der Waals surface area (Å²) in [5.74, 6) is 0.602. The van der Waals surface area contributed by atoms with Gasteiger partial charge < -0.3 is 14.4 Å². The largest absolute Gasteiger partial charge is 0.350 e. The molecule has 0 amide bonds. The van der Waals surface area contributed by atoms with Gasteiger partial charge in [-0.2, -0.15) is 0 Å². The predicted molar refractivity (Wildman–Crippen MR) is 84.2 cm³/mol. The van der Waals surface area contributed by atoms with Crippen molar-refractivity contribution in [1.29, 1.82) is 0 Å². The van der Waals surface area contributed by atoms with E-state index in [4.69, 9.17) is 9.47 Å². The molecule has 0 aromatic heterocycles. The molecule has 0 bridgehead atoms. The van der Waals surface area contributed by atoms with Crippen LogP contribution >= 0.6 is 0 Å². The van der Waals surface area contributed by atoms with Gasteiger partial charge in [-0.3, -0.25) is 0 Å². The van der Waals surface area contributed by atoms with E-state index in [1.165, 1.54) is 44.3 Å². The third-order valence-corrected chi connectivity index (χ3v) is 4.92. The Hall–Kier alpha value is -0.900. The maximum absolute atomic E-state index is 5.65. The van der Waals surface area contributed by atoms with Crippen LogP contribution in [-0.4, -0.2) is 43.5 Å². The van der Waals surface area contributed by atoms with Crippen molar-refractivity contribution in [3.8, 4) is 0 Å². The quantitative estimate of drug-likeness (QED) is 0.831. The Kier molecular flexibility index (Phi) is 5.28. The Balaban J connectivity index is 1.41. The number of piperidine rings is 1. The Bertz CT molecular complexity index is 408. The fraction of sp³-hybridized carbons (Fsp3) is 0.667. The van der Waals surface area contributed by atoms with Crippen molar-refractivity contribution in [3.63, 3.8) is 0 Å². The van der Waals surface area contributed by atoms with Gasteiger partial charge in [0.1, 0.15) is 0 Å². The molecule has 0 spiro atoms. The molecule has 1 atom stereocenters. The third-order valence-electron chi connectivity index (χ3n) is 4.92. The van der Waals surface area contributed by atoms with Crippen LogP contribution in [0.1, 0.15) is 31.7 Å². The van der Waals surface area contributed by atoms with Crippen molar-refractivity contribution in [1.82, 2.24) is 4.90 Å². The Morgan fingerprint density at radius 2 is 1.76 bits per heavy atom. The van der Waals surface area contributed by atoms with Crippen LogP contribution in [0.5, 0.6) is 0 Å². The van der Waals surface area contributed by atoms with Crippen molar-refractivity contribution in [2.75, 3.05) is 26.3 Å². The second-order valence-electron chi connectivity index (χ2n) is 6.36. The van der Waals surface area contributed by atoms with Gasteiger partial charge in [0.25, 0.3) is 0 Å². The van der Waals surface area contributed by atoms with E-state index >= 15 is 0 Å². The lowest BCUT2D eigenvalue weighted by molar-refractivity contribution is -0.0992. The number of hydrogen-bond donors (Lipinski definition) is 0. The summed E-state index contributed by atoms with van der Waals surface area (Å²) in [5.41, 5.74) is 1.45. The highest BCUT2D eigenvalue weighted by Crippen LogP contribution is 2.27. The van der Waals surface area contributed by atoms with Crippen LogP contribution in [-0.2, 0) is 15.9 Å². The van der Waals surface area contributed by atoms with Crippen LogP contribution in [0.15, 0.2) is 30.3 Å². The Morgan fingerprint density at radius 1 is 1.10 bits per heavy atom. The number of likely N-dealkylation sites (tertiary alicyclic amines) is 1. The summed E-state index contributed by atoms with van der Waals surface area (Å²) in [7, 11) is 0. The van der Waals surface area contributed by atoms with E-state index in [9.17, 15) is 0 Å². The highest BCUT2D eigenvalue weighted by molar-refractivity contribution is 5.14. The summed E-state index contributed by atoms with van der Waals surface area (Å²) in [5, 5.41) is 0.